The Morgan fingerprint density at radius 2 is 2.21 bits per heavy atom. The van der Waals surface area contributed by atoms with Crippen molar-refractivity contribution in [2.45, 2.75) is 18.9 Å². The fourth-order valence-corrected chi connectivity index (χ4v) is 1.90. The number of rotatable bonds is 3. The Labute approximate surface area is 95.8 Å². The van der Waals surface area contributed by atoms with E-state index in [2.05, 4.69) is 22.6 Å². The third-order valence-corrected chi connectivity index (χ3v) is 2.93. The van der Waals surface area contributed by atoms with Gasteiger partial charge in [-0.05, 0) is 53.6 Å². The zero-order valence-corrected chi connectivity index (χ0v) is 9.65. The molecule has 0 heterocycles. The molecule has 1 saturated carbocycles. The van der Waals surface area contributed by atoms with Crippen LogP contribution in [0.1, 0.15) is 23.2 Å². The fourth-order valence-electron chi connectivity index (χ4n) is 1.15. The quantitative estimate of drug-likeness (QED) is 0.868. The molecule has 1 aromatic carbocycles. The van der Waals surface area contributed by atoms with Crippen molar-refractivity contribution in [2.75, 3.05) is 0 Å². The molecule has 3 nitrogen and oxygen atoms in total. The molecule has 2 rings (SSSR count). The van der Waals surface area contributed by atoms with Gasteiger partial charge in [-0.15, -0.1) is 0 Å². The topological polar surface area (TPSA) is 52.3 Å². The van der Waals surface area contributed by atoms with Gasteiger partial charge in [0.1, 0.15) is 5.75 Å². The Hall–Kier alpha value is -0.780. The van der Waals surface area contributed by atoms with Crippen molar-refractivity contribution in [2.24, 2.45) is 5.73 Å². The molecule has 0 aliphatic heterocycles. The van der Waals surface area contributed by atoms with E-state index in [4.69, 9.17) is 10.5 Å². The molecule has 0 aromatic heterocycles. The SMILES string of the molecule is NC(=O)c1ccc(OC2CC2)cc1I. The number of amides is 1. The number of hydrogen-bond donors (Lipinski definition) is 1. The number of halogens is 1. The van der Waals surface area contributed by atoms with Gasteiger partial charge < -0.3 is 10.5 Å². The van der Waals surface area contributed by atoms with E-state index in [9.17, 15) is 4.79 Å². The smallest absolute Gasteiger partial charge is 0.249 e. The van der Waals surface area contributed by atoms with Gasteiger partial charge in [0, 0.05) is 3.57 Å². The molecule has 1 aliphatic rings. The predicted molar refractivity (Wildman–Crippen MR) is 61.3 cm³/mol. The second kappa shape index (κ2) is 3.76. The number of nitrogens with two attached hydrogens (primary N) is 1. The fraction of sp³-hybridized carbons (Fsp3) is 0.300. The van der Waals surface area contributed by atoms with Gasteiger partial charge in [0.2, 0.25) is 5.91 Å². The minimum Gasteiger partial charge on any atom is -0.490 e. The van der Waals surface area contributed by atoms with E-state index in [1.807, 2.05) is 6.07 Å². The first kappa shape index (κ1) is 9.76. The third kappa shape index (κ3) is 2.17. The van der Waals surface area contributed by atoms with Crippen LogP contribution in [0.3, 0.4) is 0 Å². The minimum atomic E-state index is -0.396. The molecule has 0 saturated heterocycles. The van der Waals surface area contributed by atoms with Gasteiger partial charge >= 0.3 is 0 Å². The molecule has 74 valence electrons. The van der Waals surface area contributed by atoms with E-state index in [1.165, 1.54) is 0 Å². The normalized spacial score (nSPS) is 15.2. The van der Waals surface area contributed by atoms with Crippen molar-refractivity contribution in [1.29, 1.82) is 0 Å². The molecular weight excluding hydrogens is 293 g/mol. The maximum atomic E-state index is 10.9. The number of carbonyl (C=O) groups is 1. The summed E-state index contributed by atoms with van der Waals surface area (Å²) in [6.07, 6.45) is 2.65. The molecule has 1 aliphatic carbocycles. The van der Waals surface area contributed by atoms with E-state index in [0.29, 0.717) is 11.7 Å². The second-order valence-corrected chi connectivity index (χ2v) is 4.49. The Kier molecular flexibility index (Phi) is 2.62. The molecule has 14 heavy (non-hydrogen) atoms. The summed E-state index contributed by atoms with van der Waals surface area (Å²) < 4.78 is 6.42. The summed E-state index contributed by atoms with van der Waals surface area (Å²) in [4.78, 5) is 10.9. The van der Waals surface area contributed by atoms with Crippen molar-refractivity contribution in [3.05, 3.63) is 27.3 Å². The van der Waals surface area contributed by atoms with Crippen LogP contribution in [0.4, 0.5) is 0 Å². The number of hydrogen-bond acceptors (Lipinski definition) is 2. The molecule has 0 unspecified atom stereocenters. The summed E-state index contributed by atoms with van der Waals surface area (Å²) in [5.41, 5.74) is 5.74. The summed E-state index contributed by atoms with van der Waals surface area (Å²) in [7, 11) is 0. The van der Waals surface area contributed by atoms with Crippen molar-refractivity contribution in [3.8, 4) is 5.75 Å². The average molecular weight is 303 g/mol. The number of benzene rings is 1. The van der Waals surface area contributed by atoms with Crippen LogP contribution in [0, 0.1) is 3.57 Å². The summed E-state index contributed by atoms with van der Waals surface area (Å²) in [5, 5.41) is 0. The second-order valence-electron chi connectivity index (χ2n) is 3.32. The van der Waals surface area contributed by atoms with Crippen molar-refractivity contribution in [3.63, 3.8) is 0 Å². The largest absolute Gasteiger partial charge is 0.490 e. The Morgan fingerprint density at radius 1 is 1.50 bits per heavy atom. The average Bonchev–Trinajstić information content (AvgIpc) is 2.87. The molecular formula is C10H10INO2. The van der Waals surface area contributed by atoms with Crippen LogP contribution < -0.4 is 10.5 Å². The number of primary amides is 1. The highest BCUT2D eigenvalue weighted by Gasteiger charge is 2.23. The summed E-state index contributed by atoms with van der Waals surface area (Å²) in [6, 6.07) is 5.35. The van der Waals surface area contributed by atoms with Crippen molar-refractivity contribution in [1.82, 2.24) is 0 Å². The van der Waals surface area contributed by atoms with E-state index in [0.717, 1.165) is 22.2 Å². The third-order valence-electron chi connectivity index (χ3n) is 2.03. The molecule has 2 N–H and O–H groups in total. The Bertz CT molecular complexity index is 374. The van der Waals surface area contributed by atoms with Gasteiger partial charge in [-0.3, -0.25) is 4.79 Å². The van der Waals surface area contributed by atoms with Crippen LogP contribution in [-0.4, -0.2) is 12.0 Å². The van der Waals surface area contributed by atoms with Gasteiger partial charge in [-0.2, -0.15) is 0 Å². The zero-order valence-electron chi connectivity index (χ0n) is 7.50. The van der Waals surface area contributed by atoms with E-state index in [1.54, 1.807) is 12.1 Å². The first-order valence-corrected chi connectivity index (χ1v) is 5.50. The van der Waals surface area contributed by atoms with Gasteiger partial charge in [0.25, 0.3) is 0 Å². The number of ether oxygens (including phenoxy) is 1. The number of carbonyl (C=O) groups excluding carboxylic acids is 1. The summed E-state index contributed by atoms with van der Waals surface area (Å²) in [5.74, 6) is 0.425. The summed E-state index contributed by atoms with van der Waals surface area (Å²) in [6.45, 7) is 0. The van der Waals surface area contributed by atoms with E-state index >= 15 is 0 Å². The van der Waals surface area contributed by atoms with Gasteiger partial charge in [-0.1, -0.05) is 0 Å². The molecule has 0 bridgehead atoms. The molecule has 1 fully saturated rings. The predicted octanol–water partition coefficient (Wildman–Crippen LogP) is 1.93. The van der Waals surface area contributed by atoms with Crippen molar-refractivity contribution >= 4 is 28.5 Å². The van der Waals surface area contributed by atoms with Crippen LogP contribution in [0.25, 0.3) is 0 Å². The molecule has 1 amide bonds. The zero-order chi connectivity index (χ0) is 10.1. The lowest BCUT2D eigenvalue weighted by Gasteiger charge is -2.06. The Balaban J connectivity index is 2.20. The van der Waals surface area contributed by atoms with Gasteiger partial charge in [0.05, 0.1) is 11.7 Å². The van der Waals surface area contributed by atoms with Crippen LogP contribution in [0.2, 0.25) is 0 Å². The first-order chi connectivity index (χ1) is 6.66. The highest BCUT2D eigenvalue weighted by Crippen LogP contribution is 2.28. The lowest BCUT2D eigenvalue weighted by molar-refractivity contribution is 0.0999. The Morgan fingerprint density at radius 3 is 2.71 bits per heavy atom. The van der Waals surface area contributed by atoms with E-state index < -0.39 is 5.91 Å². The lowest BCUT2D eigenvalue weighted by Crippen LogP contribution is -2.12. The molecule has 4 heteroatoms. The van der Waals surface area contributed by atoms with Gasteiger partial charge in [0.15, 0.2) is 0 Å². The van der Waals surface area contributed by atoms with Crippen LogP contribution >= 0.6 is 22.6 Å². The molecule has 0 atom stereocenters. The molecule has 0 spiro atoms. The minimum absolute atomic E-state index is 0.380. The molecule has 1 aromatic rings. The lowest BCUT2D eigenvalue weighted by atomic mass is 10.2. The highest BCUT2D eigenvalue weighted by molar-refractivity contribution is 14.1. The maximum Gasteiger partial charge on any atom is 0.249 e. The first-order valence-electron chi connectivity index (χ1n) is 4.43. The maximum absolute atomic E-state index is 10.9. The molecule has 0 radical (unpaired) electrons. The van der Waals surface area contributed by atoms with Crippen molar-refractivity contribution < 1.29 is 9.53 Å². The van der Waals surface area contributed by atoms with Crippen LogP contribution in [-0.2, 0) is 0 Å². The van der Waals surface area contributed by atoms with Crippen LogP contribution in [0.5, 0.6) is 5.75 Å². The van der Waals surface area contributed by atoms with Gasteiger partial charge in [-0.25, -0.2) is 0 Å². The standard InChI is InChI=1S/C10H10INO2/c11-9-5-7(14-6-1-2-6)3-4-8(9)10(12)13/h3-6H,1-2H2,(H2,12,13). The highest BCUT2D eigenvalue weighted by atomic mass is 127. The summed E-state index contributed by atoms with van der Waals surface area (Å²) >= 11 is 2.09. The van der Waals surface area contributed by atoms with Crippen LogP contribution in [0.15, 0.2) is 18.2 Å². The monoisotopic (exact) mass is 303 g/mol. The van der Waals surface area contributed by atoms with E-state index in [-0.39, 0.29) is 0 Å².